The van der Waals surface area contributed by atoms with Gasteiger partial charge in [-0.3, -0.25) is 0 Å². The number of hydrogen-bond acceptors (Lipinski definition) is 5. The van der Waals surface area contributed by atoms with Gasteiger partial charge in [0, 0.05) is 37.1 Å². The monoisotopic (exact) mass is 405 g/mol. The Labute approximate surface area is 173 Å². The maximum absolute atomic E-state index is 5.64. The van der Waals surface area contributed by atoms with Crippen LogP contribution in [0.1, 0.15) is 45.1 Å². The molecule has 7 heteroatoms. The van der Waals surface area contributed by atoms with Crippen molar-refractivity contribution in [3.05, 3.63) is 23.9 Å². The molecule has 28 heavy (non-hydrogen) atoms. The van der Waals surface area contributed by atoms with Crippen LogP contribution in [0.2, 0.25) is 0 Å². The third kappa shape index (κ3) is 6.27. The molecule has 1 saturated heterocycles. The van der Waals surface area contributed by atoms with Crippen LogP contribution in [-0.4, -0.2) is 60.8 Å². The second kappa shape index (κ2) is 10.9. The van der Waals surface area contributed by atoms with Crippen molar-refractivity contribution in [3.63, 3.8) is 0 Å². The SMILES string of the molecule is CCNC(=NCc1ccnc(N2CCOC(C)C2)c1)NC1CCCC(SC)C1. The number of morpholine rings is 1. The number of guanidine groups is 1. The van der Waals surface area contributed by atoms with E-state index in [2.05, 4.69) is 52.8 Å². The third-order valence-electron chi connectivity index (χ3n) is 5.44. The fourth-order valence-corrected chi connectivity index (χ4v) is 4.76. The standard InChI is InChI=1S/C21H35N5OS/c1-4-22-21(25-18-6-5-7-19(13-18)28-3)24-14-17-8-9-23-20(12-17)26-10-11-27-16(2)15-26/h8-9,12,16,18-19H,4-7,10-11,13-15H2,1-3H3,(H2,22,24,25). The molecule has 2 N–H and O–H groups in total. The summed E-state index contributed by atoms with van der Waals surface area (Å²) in [6, 6.07) is 4.74. The lowest BCUT2D eigenvalue weighted by atomic mass is 9.95. The number of rotatable bonds is 6. The minimum atomic E-state index is 0.252. The fourth-order valence-electron chi connectivity index (χ4n) is 3.93. The van der Waals surface area contributed by atoms with Crippen molar-refractivity contribution in [1.29, 1.82) is 0 Å². The Bertz CT molecular complexity index is 641. The van der Waals surface area contributed by atoms with E-state index < -0.39 is 0 Å². The molecule has 2 heterocycles. The van der Waals surface area contributed by atoms with Crippen molar-refractivity contribution in [1.82, 2.24) is 15.6 Å². The minimum Gasteiger partial charge on any atom is -0.375 e. The van der Waals surface area contributed by atoms with E-state index in [0.29, 0.717) is 12.6 Å². The van der Waals surface area contributed by atoms with Gasteiger partial charge in [0.05, 0.1) is 19.3 Å². The number of nitrogens with one attached hydrogen (secondary N) is 2. The minimum absolute atomic E-state index is 0.252. The van der Waals surface area contributed by atoms with E-state index in [0.717, 1.165) is 43.3 Å². The molecule has 3 unspecified atom stereocenters. The van der Waals surface area contributed by atoms with Gasteiger partial charge < -0.3 is 20.3 Å². The van der Waals surface area contributed by atoms with Crippen molar-refractivity contribution in [2.45, 2.75) is 63.5 Å². The summed E-state index contributed by atoms with van der Waals surface area (Å²) in [7, 11) is 0. The number of pyridine rings is 1. The maximum atomic E-state index is 5.64. The fraction of sp³-hybridized carbons (Fsp3) is 0.714. The van der Waals surface area contributed by atoms with Crippen molar-refractivity contribution in [2.24, 2.45) is 4.99 Å². The first-order valence-electron chi connectivity index (χ1n) is 10.6. The van der Waals surface area contributed by atoms with Crippen LogP contribution in [0.4, 0.5) is 5.82 Å². The van der Waals surface area contributed by atoms with E-state index >= 15 is 0 Å². The van der Waals surface area contributed by atoms with Crippen molar-refractivity contribution >= 4 is 23.5 Å². The van der Waals surface area contributed by atoms with Crippen molar-refractivity contribution in [2.75, 3.05) is 37.4 Å². The van der Waals surface area contributed by atoms with Crippen LogP contribution < -0.4 is 15.5 Å². The highest BCUT2D eigenvalue weighted by Crippen LogP contribution is 2.26. The molecule has 0 radical (unpaired) electrons. The molecule has 1 aromatic rings. The second-order valence-electron chi connectivity index (χ2n) is 7.71. The summed E-state index contributed by atoms with van der Waals surface area (Å²) in [5.41, 5.74) is 1.19. The predicted molar refractivity (Wildman–Crippen MR) is 119 cm³/mol. The molecule has 0 bridgehead atoms. The van der Waals surface area contributed by atoms with Crippen molar-refractivity contribution in [3.8, 4) is 0 Å². The van der Waals surface area contributed by atoms with Gasteiger partial charge >= 0.3 is 0 Å². The van der Waals surface area contributed by atoms with Gasteiger partial charge in [-0.25, -0.2) is 9.98 Å². The molecular weight excluding hydrogens is 370 g/mol. The normalized spacial score (nSPS) is 26.2. The van der Waals surface area contributed by atoms with Crippen LogP contribution in [0.3, 0.4) is 0 Å². The molecule has 3 atom stereocenters. The summed E-state index contributed by atoms with van der Waals surface area (Å²) in [6.45, 7) is 8.31. The van der Waals surface area contributed by atoms with E-state index in [4.69, 9.17) is 9.73 Å². The summed E-state index contributed by atoms with van der Waals surface area (Å²) >= 11 is 1.99. The highest BCUT2D eigenvalue weighted by atomic mass is 32.2. The molecule has 6 nitrogen and oxygen atoms in total. The van der Waals surface area contributed by atoms with Gasteiger partial charge in [0.15, 0.2) is 5.96 Å². The molecule has 2 aliphatic rings. The van der Waals surface area contributed by atoms with Crippen LogP contribution in [-0.2, 0) is 11.3 Å². The zero-order chi connectivity index (χ0) is 19.8. The van der Waals surface area contributed by atoms with Crippen molar-refractivity contribution < 1.29 is 4.74 Å². The summed E-state index contributed by atoms with van der Waals surface area (Å²) < 4.78 is 5.64. The number of ether oxygens (including phenoxy) is 1. The molecule has 1 aromatic heterocycles. The zero-order valence-electron chi connectivity index (χ0n) is 17.5. The van der Waals surface area contributed by atoms with E-state index in [-0.39, 0.29) is 6.10 Å². The predicted octanol–water partition coefficient (Wildman–Crippen LogP) is 3.04. The zero-order valence-corrected chi connectivity index (χ0v) is 18.3. The summed E-state index contributed by atoms with van der Waals surface area (Å²) in [6.07, 6.45) is 9.47. The average Bonchev–Trinajstić information content (AvgIpc) is 2.72. The van der Waals surface area contributed by atoms with Gasteiger partial charge in [-0.1, -0.05) is 6.42 Å². The number of anilines is 1. The Morgan fingerprint density at radius 2 is 2.32 bits per heavy atom. The highest BCUT2D eigenvalue weighted by molar-refractivity contribution is 7.99. The van der Waals surface area contributed by atoms with Crippen LogP contribution in [0, 0.1) is 0 Å². The molecule has 1 saturated carbocycles. The maximum Gasteiger partial charge on any atom is 0.191 e. The first kappa shape index (κ1) is 21.2. The van der Waals surface area contributed by atoms with Crippen LogP contribution >= 0.6 is 11.8 Å². The quantitative estimate of drug-likeness (QED) is 0.560. The molecule has 2 fully saturated rings. The van der Waals surface area contributed by atoms with Gasteiger partial charge in [0.1, 0.15) is 5.82 Å². The lowest BCUT2D eigenvalue weighted by Gasteiger charge is -2.32. The number of thioether (sulfide) groups is 1. The van der Waals surface area contributed by atoms with E-state index in [1.165, 1.54) is 31.2 Å². The smallest absolute Gasteiger partial charge is 0.191 e. The molecule has 0 spiro atoms. The first-order valence-corrected chi connectivity index (χ1v) is 11.9. The third-order valence-corrected chi connectivity index (χ3v) is 6.53. The molecule has 3 rings (SSSR count). The van der Waals surface area contributed by atoms with E-state index in [1.54, 1.807) is 0 Å². The number of aliphatic imine (C=N–C) groups is 1. The van der Waals surface area contributed by atoms with Crippen LogP contribution in [0.15, 0.2) is 23.3 Å². The molecule has 0 amide bonds. The van der Waals surface area contributed by atoms with Gasteiger partial charge in [0.2, 0.25) is 0 Å². The Kier molecular flexibility index (Phi) is 8.27. The number of aromatic nitrogens is 1. The Balaban J connectivity index is 1.61. The van der Waals surface area contributed by atoms with Gasteiger partial charge in [-0.05, 0) is 57.1 Å². The van der Waals surface area contributed by atoms with Gasteiger partial charge in [-0.2, -0.15) is 11.8 Å². The molecule has 0 aromatic carbocycles. The summed E-state index contributed by atoms with van der Waals surface area (Å²) in [5.74, 6) is 1.95. The Morgan fingerprint density at radius 3 is 3.11 bits per heavy atom. The second-order valence-corrected chi connectivity index (χ2v) is 8.85. The summed E-state index contributed by atoms with van der Waals surface area (Å²) in [5, 5.41) is 7.84. The van der Waals surface area contributed by atoms with E-state index in [9.17, 15) is 0 Å². The van der Waals surface area contributed by atoms with Gasteiger partial charge in [0.25, 0.3) is 0 Å². The first-order chi connectivity index (χ1) is 13.7. The largest absolute Gasteiger partial charge is 0.375 e. The molecule has 1 aliphatic heterocycles. The average molecular weight is 406 g/mol. The number of nitrogens with zero attached hydrogens (tertiary/aromatic N) is 3. The lowest BCUT2D eigenvalue weighted by Crippen LogP contribution is -2.45. The van der Waals surface area contributed by atoms with Crippen LogP contribution in [0.25, 0.3) is 0 Å². The Hall–Kier alpha value is -1.47. The topological polar surface area (TPSA) is 61.8 Å². The van der Waals surface area contributed by atoms with E-state index in [1.807, 2.05) is 18.0 Å². The van der Waals surface area contributed by atoms with Crippen LogP contribution in [0.5, 0.6) is 0 Å². The highest BCUT2D eigenvalue weighted by Gasteiger charge is 2.22. The van der Waals surface area contributed by atoms with Gasteiger partial charge in [-0.15, -0.1) is 0 Å². The Morgan fingerprint density at radius 1 is 1.43 bits per heavy atom. The molecule has 156 valence electrons. The molecular formula is C21H35N5OS. The lowest BCUT2D eigenvalue weighted by molar-refractivity contribution is 0.0529. The summed E-state index contributed by atoms with van der Waals surface area (Å²) in [4.78, 5) is 11.7. The molecule has 1 aliphatic carbocycles. The number of hydrogen-bond donors (Lipinski definition) is 2.